The standard InChI is InChI=1S/C15H18N4OS.C2H6/c1-3-19(4-2)9-10-8-11-13(16)17-14(18-15(11)21-10)12-6-5-7-20-12;1-2/h5-8H,3-4,9H2,1-2H3,(H2,16,17,18);1-2H3. The van der Waals surface area contributed by atoms with Gasteiger partial charge in [0.2, 0.25) is 0 Å². The van der Waals surface area contributed by atoms with Crippen molar-refractivity contribution in [1.29, 1.82) is 0 Å². The Balaban J connectivity index is 0.000000924. The molecule has 23 heavy (non-hydrogen) atoms. The van der Waals surface area contributed by atoms with Crippen molar-refractivity contribution in [2.45, 2.75) is 34.2 Å². The molecule has 0 saturated heterocycles. The first-order chi connectivity index (χ1) is 11.2. The molecule has 5 nitrogen and oxygen atoms in total. The van der Waals surface area contributed by atoms with E-state index in [4.69, 9.17) is 10.2 Å². The van der Waals surface area contributed by atoms with Gasteiger partial charge in [0.05, 0.1) is 11.6 Å². The minimum absolute atomic E-state index is 0.508. The van der Waals surface area contributed by atoms with E-state index in [2.05, 4.69) is 34.8 Å². The van der Waals surface area contributed by atoms with Gasteiger partial charge >= 0.3 is 0 Å². The average Bonchev–Trinajstić information content (AvgIpc) is 3.24. The maximum absolute atomic E-state index is 6.07. The number of thiophene rings is 1. The quantitative estimate of drug-likeness (QED) is 0.750. The maximum atomic E-state index is 6.07. The largest absolute Gasteiger partial charge is 0.461 e. The zero-order valence-electron chi connectivity index (χ0n) is 14.2. The van der Waals surface area contributed by atoms with E-state index in [1.807, 2.05) is 26.0 Å². The van der Waals surface area contributed by atoms with Crippen LogP contribution in [-0.4, -0.2) is 28.0 Å². The normalized spacial score (nSPS) is 10.8. The third-order valence-electron chi connectivity index (χ3n) is 3.49. The van der Waals surface area contributed by atoms with E-state index >= 15 is 0 Å². The maximum Gasteiger partial charge on any atom is 0.199 e. The Morgan fingerprint density at radius 2 is 1.96 bits per heavy atom. The summed E-state index contributed by atoms with van der Waals surface area (Å²) in [5, 5.41) is 0.928. The summed E-state index contributed by atoms with van der Waals surface area (Å²) in [6.07, 6.45) is 1.61. The lowest BCUT2D eigenvalue weighted by molar-refractivity contribution is 0.298. The number of nitrogens with zero attached hydrogens (tertiary/aromatic N) is 3. The Hall–Kier alpha value is -1.92. The highest BCUT2D eigenvalue weighted by atomic mass is 32.1. The first-order valence-corrected chi connectivity index (χ1v) is 8.85. The highest BCUT2D eigenvalue weighted by Gasteiger charge is 2.13. The summed E-state index contributed by atoms with van der Waals surface area (Å²) in [6, 6.07) is 5.75. The van der Waals surface area contributed by atoms with E-state index in [0.717, 1.165) is 29.9 Å². The molecule has 3 rings (SSSR count). The molecule has 0 radical (unpaired) electrons. The Labute approximate surface area is 141 Å². The van der Waals surface area contributed by atoms with Crippen LogP contribution in [0.3, 0.4) is 0 Å². The number of furan rings is 1. The van der Waals surface area contributed by atoms with Crippen molar-refractivity contribution in [3.05, 3.63) is 29.3 Å². The molecule has 0 saturated carbocycles. The van der Waals surface area contributed by atoms with E-state index in [1.54, 1.807) is 17.6 Å². The van der Waals surface area contributed by atoms with Crippen LogP contribution < -0.4 is 5.73 Å². The van der Waals surface area contributed by atoms with Crippen LogP contribution in [0.2, 0.25) is 0 Å². The third kappa shape index (κ3) is 3.89. The number of nitrogen functional groups attached to an aromatic ring is 1. The van der Waals surface area contributed by atoms with Gasteiger partial charge in [-0.1, -0.05) is 27.7 Å². The molecule has 124 valence electrons. The number of fused-ring (bicyclic) bond motifs is 1. The third-order valence-corrected chi connectivity index (χ3v) is 4.50. The predicted molar refractivity (Wildman–Crippen MR) is 97.5 cm³/mol. The van der Waals surface area contributed by atoms with Gasteiger partial charge in [-0.05, 0) is 31.3 Å². The number of hydrogen-bond donors (Lipinski definition) is 1. The monoisotopic (exact) mass is 332 g/mol. The van der Waals surface area contributed by atoms with Crippen molar-refractivity contribution in [3.63, 3.8) is 0 Å². The number of aromatic nitrogens is 2. The molecule has 3 aromatic heterocycles. The molecule has 0 atom stereocenters. The van der Waals surface area contributed by atoms with Crippen molar-refractivity contribution < 1.29 is 4.42 Å². The van der Waals surface area contributed by atoms with Crippen LogP contribution in [0.25, 0.3) is 21.8 Å². The molecule has 0 aromatic carbocycles. The zero-order valence-corrected chi connectivity index (χ0v) is 15.0. The highest BCUT2D eigenvalue weighted by Crippen LogP contribution is 2.30. The Bertz CT molecular complexity index is 732. The molecule has 2 N–H and O–H groups in total. The molecular formula is C17H24N4OS. The smallest absolute Gasteiger partial charge is 0.199 e. The summed E-state index contributed by atoms with van der Waals surface area (Å²) in [6.45, 7) is 11.3. The molecule has 0 bridgehead atoms. The van der Waals surface area contributed by atoms with E-state index < -0.39 is 0 Å². The lowest BCUT2D eigenvalue weighted by Gasteiger charge is -2.16. The van der Waals surface area contributed by atoms with Crippen molar-refractivity contribution in [2.75, 3.05) is 18.8 Å². The number of rotatable bonds is 5. The zero-order chi connectivity index (χ0) is 16.8. The van der Waals surface area contributed by atoms with Crippen LogP contribution in [-0.2, 0) is 6.54 Å². The van der Waals surface area contributed by atoms with Gasteiger partial charge in [-0.15, -0.1) is 11.3 Å². The number of nitrogens with two attached hydrogens (primary N) is 1. The topological polar surface area (TPSA) is 68.2 Å². The van der Waals surface area contributed by atoms with Gasteiger partial charge in [0.15, 0.2) is 11.6 Å². The van der Waals surface area contributed by atoms with Crippen LogP contribution in [0.4, 0.5) is 5.82 Å². The van der Waals surface area contributed by atoms with Crippen LogP contribution >= 0.6 is 11.3 Å². The molecule has 6 heteroatoms. The van der Waals surface area contributed by atoms with Crippen LogP contribution in [0.1, 0.15) is 32.6 Å². The molecular weight excluding hydrogens is 308 g/mol. The van der Waals surface area contributed by atoms with Gasteiger partial charge in [-0.3, -0.25) is 4.90 Å². The van der Waals surface area contributed by atoms with Gasteiger partial charge in [0.1, 0.15) is 10.6 Å². The SMILES string of the molecule is CC.CCN(CC)Cc1cc2c(N)nc(-c3ccco3)nc2s1. The summed E-state index contributed by atoms with van der Waals surface area (Å²) < 4.78 is 5.35. The van der Waals surface area contributed by atoms with Gasteiger partial charge in [-0.25, -0.2) is 9.97 Å². The summed E-state index contributed by atoms with van der Waals surface area (Å²) in [5.41, 5.74) is 6.07. The second-order valence-electron chi connectivity index (χ2n) is 4.80. The minimum atomic E-state index is 0.508. The molecule has 0 aliphatic carbocycles. The van der Waals surface area contributed by atoms with Crippen LogP contribution in [0.5, 0.6) is 0 Å². The van der Waals surface area contributed by atoms with Crippen molar-refractivity contribution in [3.8, 4) is 11.6 Å². The summed E-state index contributed by atoms with van der Waals surface area (Å²) in [7, 11) is 0. The first-order valence-electron chi connectivity index (χ1n) is 8.03. The fourth-order valence-electron chi connectivity index (χ4n) is 2.25. The fraction of sp³-hybridized carbons (Fsp3) is 0.412. The van der Waals surface area contributed by atoms with Gasteiger partial charge in [0.25, 0.3) is 0 Å². The molecule has 0 amide bonds. The molecule has 3 aromatic rings. The van der Waals surface area contributed by atoms with Crippen LogP contribution in [0, 0.1) is 0 Å². The summed E-state index contributed by atoms with van der Waals surface area (Å²) in [4.78, 5) is 13.4. The van der Waals surface area contributed by atoms with E-state index in [1.165, 1.54) is 4.88 Å². The van der Waals surface area contributed by atoms with Crippen molar-refractivity contribution in [1.82, 2.24) is 14.9 Å². The second kappa shape index (κ2) is 8.08. The Kier molecular flexibility index (Phi) is 6.12. The summed E-state index contributed by atoms with van der Waals surface area (Å²) in [5.74, 6) is 1.69. The number of hydrogen-bond acceptors (Lipinski definition) is 6. The predicted octanol–water partition coefficient (Wildman–Crippen LogP) is 4.40. The fourth-order valence-corrected chi connectivity index (χ4v) is 3.33. The Morgan fingerprint density at radius 1 is 1.22 bits per heavy atom. The molecule has 0 spiro atoms. The van der Waals surface area contributed by atoms with Crippen molar-refractivity contribution >= 4 is 27.4 Å². The molecule has 0 unspecified atom stereocenters. The number of anilines is 1. The van der Waals surface area contributed by atoms with Crippen LogP contribution in [0.15, 0.2) is 28.9 Å². The lowest BCUT2D eigenvalue weighted by Crippen LogP contribution is -2.21. The lowest BCUT2D eigenvalue weighted by atomic mass is 10.3. The highest BCUT2D eigenvalue weighted by molar-refractivity contribution is 7.18. The molecule has 0 aliphatic heterocycles. The first kappa shape index (κ1) is 17.4. The van der Waals surface area contributed by atoms with E-state index in [9.17, 15) is 0 Å². The minimum Gasteiger partial charge on any atom is -0.461 e. The molecule has 3 heterocycles. The molecule has 0 fully saturated rings. The summed E-state index contributed by atoms with van der Waals surface area (Å²) >= 11 is 1.67. The van der Waals surface area contributed by atoms with Crippen molar-refractivity contribution in [2.24, 2.45) is 0 Å². The van der Waals surface area contributed by atoms with E-state index in [-0.39, 0.29) is 0 Å². The van der Waals surface area contributed by atoms with Gasteiger partial charge < -0.3 is 10.2 Å². The Morgan fingerprint density at radius 3 is 2.57 bits per heavy atom. The molecule has 0 aliphatic rings. The average molecular weight is 332 g/mol. The van der Waals surface area contributed by atoms with E-state index in [0.29, 0.717) is 17.4 Å². The van der Waals surface area contributed by atoms with Gasteiger partial charge in [-0.2, -0.15) is 0 Å². The van der Waals surface area contributed by atoms with Gasteiger partial charge in [0, 0.05) is 11.4 Å². The second-order valence-corrected chi connectivity index (χ2v) is 5.92.